The topological polar surface area (TPSA) is 79.2 Å². The number of carbonyl (C=O) groups is 1. The van der Waals surface area contributed by atoms with Crippen molar-refractivity contribution in [3.8, 4) is 0 Å². The zero-order valence-corrected chi connectivity index (χ0v) is 11.5. The van der Waals surface area contributed by atoms with E-state index in [0.717, 1.165) is 18.5 Å². The lowest BCUT2D eigenvalue weighted by Gasteiger charge is -2.39. The van der Waals surface area contributed by atoms with Gasteiger partial charge in [-0.25, -0.2) is 0 Å². The number of aromatic nitrogens is 1. The summed E-state index contributed by atoms with van der Waals surface area (Å²) in [5.41, 5.74) is 6.42. The van der Waals surface area contributed by atoms with Gasteiger partial charge in [0, 0.05) is 24.8 Å². The Hall–Kier alpha value is -1.62. The number of hydrogen-bond acceptors (Lipinski definition) is 3. The van der Waals surface area contributed by atoms with Crippen molar-refractivity contribution in [2.45, 2.75) is 32.7 Å². The van der Waals surface area contributed by atoms with Crippen molar-refractivity contribution >= 4 is 5.91 Å². The fourth-order valence-electron chi connectivity index (χ4n) is 2.76. The van der Waals surface area contributed by atoms with Crippen LogP contribution in [0.1, 0.15) is 35.8 Å². The quantitative estimate of drug-likeness (QED) is 0.831. The predicted octanol–water partition coefficient (Wildman–Crippen LogP) is 0.883. The normalized spacial score (nSPS) is 23.4. The van der Waals surface area contributed by atoms with Crippen LogP contribution in [0.15, 0.2) is 16.9 Å². The molecule has 2 heterocycles. The predicted molar refractivity (Wildman–Crippen MR) is 74.1 cm³/mol. The minimum Gasteiger partial charge on any atom is -0.334 e. The van der Waals surface area contributed by atoms with Crippen molar-refractivity contribution in [2.24, 2.45) is 11.7 Å². The first-order valence-electron chi connectivity index (χ1n) is 6.75. The van der Waals surface area contributed by atoms with E-state index in [0.29, 0.717) is 19.0 Å². The van der Waals surface area contributed by atoms with Crippen LogP contribution in [0.2, 0.25) is 0 Å². The first kappa shape index (κ1) is 13.8. The van der Waals surface area contributed by atoms with Crippen LogP contribution in [0.5, 0.6) is 0 Å². The summed E-state index contributed by atoms with van der Waals surface area (Å²) in [5.74, 6) is 0.176. The maximum absolute atomic E-state index is 12.5. The number of carbonyl (C=O) groups excluding carboxylic acids is 1. The zero-order chi connectivity index (χ0) is 14.0. The summed E-state index contributed by atoms with van der Waals surface area (Å²) in [6, 6.07) is 3.38. The second-order valence-corrected chi connectivity index (χ2v) is 5.31. The molecule has 3 N–H and O–H groups in total. The Morgan fingerprint density at radius 3 is 2.89 bits per heavy atom. The number of nitrogens with zero attached hydrogens (tertiary/aromatic N) is 1. The van der Waals surface area contributed by atoms with Crippen molar-refractivity contribution in [2.75, 3.05) is 13.1 Å². The second kappa shape index (κ2) is 5.57. The number of nitrogens with two attached hydrogens (primary N) is 1. The molecule has 0 aromatic carbocycles. The molecule has 0 spiro atoms. The van der Waals surface area contributed by atoms with Crippen molar-refractivity contribution in [3.63, 3.8) is 0 Å². The van der Waals surface area contributed by atoms with Gasteiger partial charge in [-0.3, -0.25) is 9.59 Å². The largest absolute Gasteiger partial charge is 0.334 e. The molecule has 1 aromatic rings. The van der Waals surface area contributed by atoms with E-state index >= 15 is 0 Å². The summed E-state index contributed by atoms with van der Waals surface area (Å²) >= 11 is 0. The van der Waals surface area contributed by atoms with Gasteiger partial charge in [-0.15, -0.1) is 0 Å². The third kappa shape index (κ3) is 2.71. The molecule has 5 heteroatoms. The van der Waals surface area contributed by atoms with E-state index in [4.69, 9.17) is 5.73 Å². The fraction of sp³-hybridized carbons (Fsp3) is 0.571. The molecule has 1 fully saturated rings. The Morgan fingerprint density at radius 2 is 2.26 bits per heavy atom. The number of pyridine rings is 1. The molecule has 0 bridgehead atoms. The van der Waals surface area contributed by atoms with E-state index in [-0.39, 0.29) is 23.1 Å². The summed E-state index contributed by atoms with van der Waals surface area (Å²) in [7, 11) is 0. The van der Waals surface area contributed by atoms with Gasteiger partial charge in [-0.05, 0) is 37.8 Å². The van der Waals surface area contributed by atoms with Crippen LogP contribution in [0.25, 0.3) is 0 Å². The highest BCUT2D eigenvalue weighted by Gasteiger charge is 2.32. The standard InChI is InChI=1S/C14H21N3O2/c1-9-4-3-7-17(12(9)8-15)14(19)11-6-5-10(2)16-13(11)18/h5-6,9,12H,3-4,7-8,15H2,1-2H3,(H,16,18). The molecular weight excluding hydrogens is 242 g/mol. The lowest BCUT2D eigenvalue weighted by Crippen LogP contribution is -2.52. The van der Waals surface area contributed by atoms with Gasteiger partial charge in [0.05, 0.1) is 0 Å². The van der Waals surface area contributed by atoms with E-state index in [1.54, 1.807) is 24.0 Å². The molecule has 1 saturated heterocycles. The Morgan fingerprint density at radius 1 is 1.53 bits per heavy atom. The second-order valence-electron chi connectivity index (χ2n) is 5.31. The molecule has 2 unspecified atom stereocenters. The first-order chi connectivity index (χ1) is 9.04. The summed E-state index contributed by atoms with van der Waals surface area (Å²) in [6.45, 7) is 5.02. The average Bonchev–Trinajstić information content (AvgIpc) is 2.37. The van der Waals surface area contributed by atoms with Crippen molar-refractivity contribution in [1.29, 1.82) is 0 Å². The molecule has 2 rings (SSSR count). The number of aryl methyl sites for hydroxylation is 1. The Labute approximate surface area is 112 Å². The minimum absolute atomic E-state index is 0.0296. The van der Waals surface area contributed by atoms with E-state index in [1.807, 2.05) is 0 Å². The van der Waals surface area contributed by atoms with Gasteiger partial charge in [0.2, 0.25) is 0 Å². The molecule has 0 radical (unpaired) electrons. The lowest BCUT2D eigenvalue weighted by molar-refractivity contribution is 0.0530. The Balaban J connectivity index is 2.29. The van der Waals surface area contributed by atoms with Gasteiger partial charge < -0.3 is 15.6 Å². The maximum atomic E-state index is 12.5. The molecule has 2 atom stereocenters. The molecule has 19 heavy (non-hydrogen) atoms. The average molecular weight is 263 g/mol. The summed E-state index contributed by atoms with van der Waals surface area (Å²) < 4.78 is 0. The van der Waals surface area contributed by atoms with Gasteiger partial charge in [-0.2, -0.15) is 0 Å². The molecular formula is C14H21N3O2. The number of rotatable bonds is 2. The molecule has 1 aromatic heterocycles. The van der Waals surface area contributed by atoms with Crippen molar-refractivity contribution in [3.05, 3.63) is 33.7 Å². The summed E-state index contributed by atoms with van der Waals surface area (Å²) in [6.07, 6.45) is 2.04. The molecule has 0 aliphatic carbocycles. The number of hydrogen-bond donors (Lipinski definition) is 2. The molecule has 1 aliphatic rings. The number of likely N-dealkylation sites (tertiary alicyclic amines) is 1. The number of piperidine rings is 1. The van der Waals surface area contributed by atoms with Gasteiger partial charge in [0.15, 0.2) is 0 Å². The Bertz CT molecular complexity index is 524. The minimum atomic E-state index is -0.320. The lowest BCUT2D eigenvalue weighted by atomic mass is 9.90. The third-order valence-electron chi connectivity index (χ3n) is 3.90. The van der Waals surface area contributed by atoms with Crippen LogP contribution in [0.3, 0.4) is 0 Å². The molecule has 1 aliphatic heterocycles. The van der Waals surface area contributed by atoms with Gasteiger partial charge in [-0.1, -0.05) is 6.92 Å². The van der Waals surface area contributed by atoms with Crippen LogP contribution < -0.4 is 11.3 Å². The van der Waals surface area contributed by atoms with Crippen molar-refractivity contribution < 1.29 is 4.79 Å². The number of amides is 1. The van der Waals surface area contributed by atoms with E-state index < -0.39 is 0 Å². The maximum Gasteiger partial charge on any atom is 0.260 e. The van der Waals surface area contributed by atoms with Crippen LogP contribution in [-0.2, 0) is 0 Å². The van der Waals surface area contributed by atoms with Crippen LogP contribution in [0, 0.1) is 12.8 Å². The highest BCUT2D eigenvalue weighted by molar-refractivity contribution is 5.94. The first-order valence-corrected chi connectivity index (χ1v) is 6.75. The van der Waals surface area contributed by atoms with Gasteiger partial charge >= 0.3 is 0 Å². The van der Waals surface area contributed by atoms with Crippen molar-refractivity contribution in [1.82, 2.24) is 9.88 Å². The summed E-state index contributed by atoms with van der Waals surface area (Å²) in [4.78, 5) is 28.8. The monoisotopic (exact) mass is 263 g/mol. The molecule has 1 amide bonds. The summed E-state index contributed by atoms with van der Waals surface area (Å²) in [5, 5.41) is 0. The Kier molecular flexibility index (Phi) is 4.04. The number of aromatic amines is 1. The zero-order valence-electron chi connectivity index (χ0n) is 11.5. The van der Waals surface area contributed by atoms with Gasteiger partial charge in [0.25, 0.3) is 11.5 Å². The van der Waals surface area contributed by atoms with E-state index in [1.165, 1.54) is 0 Å². The highest BCUT2D eigenvalue weighted by atomic mass is 16.2. The van der Waals surface area contributed by atoms with Crippen LogP contribution >= 0.6 is 0 Å². The smallest absolute Gasteiger partial charge is 0.260 e. The van der Waals surface area contributed by atoms with E-state index in [9.17, 15) is 9.59 Å². The number of nitrogens with one attached hydrogen (secondary N) is 1. The van der Waals surface area contributed by atoms with Crippen LogP contribution in [-0.4, -0.2) is 34.9 Å². The number of H-pyrrole nitrogens is 1. The van der Waals surface area contributed by atoms with Gasteiger partial charge in [0.1, 0.15) is 5.56 Å². The highest BCUT2D eigenvalue weighted by Crippen LogP contribution is 2.23. The molecule has 5 nitrogen and oxygen atoms in total. The molecule has 0 saturated carbocycles. The van der Waals surface area contributed by atoms with Crippen LogP contribution in [0.4, 0.5) is 0 Å². The van der Waals surface area contributed by atoms with E-state index in [2.05, 4.69) is 11.9 Å². The fourth-order valence-corrected chi connectivity index (χ4v) is 2.76. The third-order valence-corrected chi connectivity index (χ3v) is 3.90. The molecule has 104 valence electrons. The SMILES string of the molecule is Cc1ccc(C(=O)N2CCCC(C)C2CN)c(=O)[nH]1.